The van der Waals surface area contributed by atoms with E-state index in [9.17, 15) is 4.79 Å². The molecule has 2 rings (SSSR count). The smallest absolute Gasteiger partial charge is 0.337 e. The van der Waals surface area contributed by atoms with Crippen molar-refractivity contribution in [3.8, 4) is 0 Å². The first-order valence-corrected chi connectivity index (χ1v) is 5.81. The van der Waals surface area contributed by atoms with Crippen LogP contribution in [0, 0.1) is 0 Å². The standard InChI is InChI=1S/C11H11N3O2S/c1-16-11(15)8-2-4-9(5-3-8)12-6-10-7-17-14-13-10/h2-5,7,12H,6H2,1H3. The fourth-order valence-corrected chi connectivity index (χ4v) is 1.75. The minimum Gasteiger partial charge on any atom is -0.465 e. The van der Waals surface area contributed by atoms with Gasteiger partial charge in [-0.3, -0.25) is 0 Å². The van der Waals surface area contributed by atoms with Gasteiger partial charge in [-0.05, 0) is 35.8 Å². The van der Waals surface area contributed by atoms with Gasteiger partial charge in [0.15, 0.2) is 0 Å². The highest BCUT2D eigenvalue weighted by atomic mass is 32.1. The fraction of sp³-hybridized carbons (Fsp3) is 0.182. The quantitative estimate of drug-likeness (QED) is 0.839. The largest absolute Gasteiger partial charge is 0.465 e. The summed E-state index contributed by atoms with van der Waals surface area (Å²) < 4.78 is 8.39. The molecule has 17 heavy (non-hydrogen) atoms. The summed E-state index contributed by atoms with van der Waals surface area (Å²) >= 11 is 1.32. The number of nitrogens with zero attached hydrogens (tertiary/aromatic N) is 2. The van der Waals surface area contributed by atoms with Gasteiger partial charge in [-0.15, -0.1) is 5.10 Å². The first kappa shape index (κ1) is 11.5. The number of nitrogens with one attached hydrogen (secondary N) is 1. The fourth-order valence-electron chi connectivity index (χ4n) is 1.30. The second kappa shape index (κ2) is 5.40. The highest BCUT2D eigenvalue weighted by molar-refractivity contribution is 7.03. The summed E-state index contributed by atoms with van der Waals surface area (Å²) in [6.07, 6.45) is 0. The number of hydrogen-bond donors (Lipinski definition) is 1. The number of hydrogen-bond acceptors (Lipinski definition) is 6. The summed E-state index contributed by atoms with van der Waals surface area (Å²) in [7, 11) is 1.36. The lowest BCUT2D eigenvalue weighted by Gasteiger charge is -2.04. The minimum absolute atomic E-state index is 0.333. The molecule has 0 saturated heterocycles. The molecule has 0 atom stereocenters. The number of methoxy groups -OCH3 is 1. The monoisotopic (exact) mass is 249 g/mol. The van der Waals surface area contributed by atoms with Crippen molar-refractivity contribution in [3.63, 3.8) is 0 Å². The zero-order valence-electron chi connectivity index (χ0n) is 9.21. The van der Waals surface area contributed by atoms with Crippen LogP contribution in [0.5, 0.6) is 0 Å². The number of anilines is 1. The molecule has 0 unspecified atom stereocenters. The lowest BCUT2D eigenvalue weighted by Crippen LogP contribution is -2.02. The number of carbonyl (C=O) groups is 1. The van der Waals surface area contributed by atoms with Crippen molar-refractivity contribution in [1.29, 1.82) is 0 Å². The van der Waals surface area contributed by atoms with Gasteiger partial charge in [-0.2, -0.15) is 0 Å². The van der Waals surface area contributed by atoms with Crippen molar-refractivity contribution in [2.24, 2.45) is 0 Å². The molecule has 88 valence electrons. The molecule has 0 aliphatic heterocycles. The van der Waals surface area contributed by atoms with Gasteiger partial charge in [-0.1, -0.05) is 4.49 Å². The van der Waals surface area contributed by atoms with Crippen molar-refractivity contribution in [3.05, 3.63) is 40.9 Å². The van der Waals surface area contributed by atoms with Crippen molar-refractivity contribution >= 4 is 23.2 Å². The molecule has 1 aromatic heterocycles. The van der Waals surface area contributed by atoms with Gasteiger partial charge in [0, 0.05) is 11.1 Å². The van der Waals surface area contributed by atoms with E-state index in [0.29, 0.717) is 12.1 Å². The third kappa shape index (κ3) is 3.01. The Hall–Kier alpha value is -1.95. The van der Waals surface area contributed by atoms with Gasteiger partial charge in [0.25, 0.3) is 0 Å². The van der Waals surface area contributed by atoms with Gasteiger partial charge >= 0.3 is 5.97 Å². The average molecular weight is 249 g/mol. The second-order valence-corrected chi connectivity index (χ2v) is 3.93. The summed E-state index contributed by atoms with van der Waals surface area (Å²) in [5.41, 5.74) is 2.35. The Bertz CT molecular complexity index is 482. The van der Waals surface area contributed by atoms with Crippen molar-refractivity contribution in [1.82, 2.24) is 9.59 Å². The number of benzene rings is 1. The van der Waals surface area contributed by atoms with Gasteiger partial charge in [0.2, 0.25) is 0 Å². The van der Waals surface area contributed by atoms with Crippen LogP contribution in [0.15, 0.2) is 29.6 Å². The van der Waals surface area contributed by atoms with Crippen LogP contribution in [0.2, 0.25) is 0 Å². The van der Waals surface area contributed by atoms with Crippen LogP contribution < -0.4 is 5.32 Å². The van der Waals surface area contributed by atoms with E-state index < -0.39 is 0 Å². The molecular weight excluding hydrogens is 238 g/mol. The van der Waals surface area contributed by atoms with E-state index in [-0.39, 0.29) is 5.97 Å². The molecule has 1 aromatic carbocycles. The number of aromatic nitrogens is 2. The Balaban J connectivity index is 1.96. The maximum absolute atomic E-state index is 11.2. The molecule has 0 bridgehead atoms. The van der Waals surface area contributed by atoms with Crippen molar-refractivity contribution < 1.29 is 9.53 Å². The summed E-state index contributed by atoms with van der Waals surface area (Å²) in [5, 5.41) is 8.99. The van der Waals surface area contributed by atoms with Crippen LogP contribution in [-0.2, 0) is 11.3 Å². The molecule has 0 aliphatic carbocycles. The second-order valence-electron chi connectivity index (χ2n) is 3.32. The van der Waals surface area contributed by atoms with E-state index in [0.717, 1.165) is 11.4 Å². The molecule has 0 spiro atoms. The lowest BCUT2D eigenvalue weighted by atomic mass is 10.2. The number of carbonyl (C=O) groups excluding carboxylic acids is 1. The molecule has 0 saturated carbocycles. The molecule has 5 nitrogen and oxygen atoms in total. The van der Waals surface area contributed by atoms with Crippen molar-refractivity contribution in [2.75, 3.05) is 12.4 Å². The zero-order valence-corrected chi connectivity index (χ0v) is 10.0. The molecule has 1 heterocycles. The first-order valence-electron chi connectivity index (χ1n) is 4.98. The molecule has 0 radical (unpaired) electrons. The van der Waals surface area contributed by atoms with E-state index in [1.807, 2.05) is 17.5 Å². The van der Waals surface area contributed by atoms with Gasteiger partial charge in [0.1, 0.15) is 0 Å². The Kier molecular flexibility index (Phi) is 3.66. The number of esters is 1. The van der Waals surface area contributed by atoms with E-state index in [2.05, 4.69) is 19.6 Å². The zero-order chi connectivity index (χ0) is 12.1. The van der Waals surface area contributed by atoms with Crippen LogP contribution in [0.4, 0.5) is 5.69 Å². The molecule has 0 amide bonds. The predicted molar refractivity (Wildman–Crippen MR) is 65.0 cm³/mol. The van der Waals surface area contributed by atoms with Gasteiger partial charge in [-0.25, -0.2) is 4.79 Å². The topological polar surface area (TPSA) is 64.1 Å². The Morgan fingerprint density at radius 3 is 2.76 bits per heavy atom. The summed E-state index contributed by atoms with van der Waals surface area (Å²) in [5.74, 6) is -0.333. The predicted octanol–water partition coefficient (Wildman–Crippen LogP) is 1.94. The van der Waals surface area contributed by atoms with E-state index >= 15 is 0 Å². The minimum atomic E-state index is -0.333. The van der Waals surface area contributed by atoms with E-state index in [1.54, 1.807) is 12.1 Å². The summed E-state index contributed by atoms with van der Waals surface area (Å²) in [4.78, 5) is 11.2. The third-order valence-electron chi connectivity index (χ3n) is 2.18. The highest BCUT2D eigenvalue weighted by Crippen LogP contribution is 2.11. The van der Waals surface area contributed by atoms with Crippen LogP contribution >= 0.6 is 11.5 Å². The molecule has 2 aromatic rings. The molecule has 0 fully saturated rings. The summed E-state index contributed by atoms with van der Waals surface area (Å²) in [6, 6.07) is 7.08. The average Bonchev–Trinajstić information content (AvgIpc) is 2.89. The highest BCUT2D eigenvalue weighted by Gasteiger charge is 2.04. The van der Waals surface area contributed by atoms with Crippen LogP contribution in [0.3, 0.4) is 0 Å². The Labute approximate surface area is 103 Å². The Morgan fingerprint density at radius 2 is 2.18 bits per heavy atom. The first-order chi connectivity index (χ1) is 8.29. The number of ether oxygens (including phenoxy) is 1. The van der Waals surface area contributed by atoms with Crippen LogP contribution in [0.1, 0.15) is 16.1 Å². The van der Waals surface area contributed by atoms with Gasteiger partial charge < -0.3 is 10.1 Å². The maximum Gasteiger partial charge on any atom is 0.337 e. The number of rotatable bonds is 4. The van der Waals surface area contributed by atoms with Crippen LogP contribution in [0.25, 0.3) is 0 Å². The maximum atomic E-state index is 11.2. The summed E-state index contributed by atoms with van der Waals surface area (Å²) in [6.45, 7) is 0.619. The van der Waals surface area contributed by atoms with E-state index in [4.69, 9.17) is 0 Å². The molecule has 0 aliphatic rings. The van der Waals surface area contributed by atoms with Crippen LogP contribution in [-0.4, -0.2) is 22.7 Å². The van der Waals surface area contributed by atoms with Crippen molar-refractivity contribution in [2.45, 2.75) is 6.54 Å². The third-order valence-corrected chi connectivity index (χ3v) is 2.74. The molecule has 1 N–H and O–H groups in total. The molecular formula is C11H11N3O2S. The SMILES string of the molecule is COC(=O)c1ccc(NCc2csnn2)cc1. The Morgan fingerprint density at radius 1 is 1.41 bits per heavy atom. The van der Waals surface area contributed by atoms with Gasteiger partial charge in [0.05, 0.1) is 24.9 Å². The normalized spacial score (nSPS) is 9.94. The lowest BCUT2D eigenvalue weighted by molar-refractivity contribution is 0.0601. The van der Waals surface area contributed by atoms with E-state index in [1.165, 1.54) is 18.6 Å². The molecule has 6 heteroatoms.